The summed E-state index contributed by atoms with van der Waals surface area (Å²) in [7, 11) is 0. The Bertz CT molecular complexity index is 820. The molecule has 0 radical (unpaired) electrons. The van der Waals surface area contributed by atoms with Crippen LogP contribution in [0, 0.1) is 0 Å². The Kier molecular flexibility index (Phi) is 11.7. The zero-order valence-corrected chi connectivity index (χ0v) is 23.0. The van der Waals surface area contributed by atoms with E-state index in [4.69, 9.17) is 0 Å². The van der Waals surface area contributed by atoms with E-state index in [-0.39, 0.29) is 103 Å². The SMILES string of the molecule is O=C([O-])C(F)(OC1(OC(F)(C(=O)[O-])C(F)(F)F)CC(F)(F)C(F)(F)C(F)(F)C1(F)F)C(F)(F)F.[K+].[K+]. The molecule has 0 aromatic heterocycles. The van der Waals surface area contributed by atoms with Gasteiger partial charge in [0.25, 0.3) is 5.79 Å². The van der Waals surface area contributed by atoms with E-state index in [2.05, 4.69) is 9.47 Å². The molecule has 2 unspecified atom stereocenters. The van der Waals surface area contributed by atoms with E-state index in [0.29, 0.717) is 0 Å². The summed E-state index contributed by atoms with van der Waals surface area (Å²) in [5.41, 5.74) is 0. The van der Waals surface area contributed by atoms with E-state index in [1.165, 1.54) is 0 Å². The summed E-state index contributed by atoms with van der Waals surface area (Å²) < 4.78 is 218. The van der Waals surface area contributed by atoms with Gasteiger partial charge in [0.1, 0.15) is 11.9 Å². The largest absolute Gasteiger partial charge is 1.00 e. The summed E-state index contributed by atoms with van der Waals surface area (Å²) in [6, 6.07) is 0. The number of carbonyl (C=O) groups excluding carboxylic acids is 2. The van der Waals surface area contributed by atoms with Crippen LogP contribution < -0.4 is 113 Å². The third kappa shape index (κ3) is 5.60. The predicted molar refractivity (Wildman–Crippen MR) is 59.1 cm³/mol. The van der Waals surface area contributed by atoms with Crippen LogP contribution in [-0.2, 0) is 19.1 Å². The first-order valence-corrected chi connectivity index (χ1v) is 7.36. The monoisotopic (exact) mass is 624 g/mol. The molecule has 24 heteroatoms. The Morgan fingerprint density at radius 1 is 0.583 bits per heavy atom. The number of halogens is 16. The van der Waals surface area contributed by atoms with Gasteiger partial charge in [-0.15, -0.1) is 0 Å². The minimum absolute atomic E-state index is 0. The molecule has 0 saturated heterocycles. The summed E-state index contributed by atoms with van der Waals surface area (Å²) in [6.07, 6.45) is -19.4. The van der Waals surface area contributed by atoms with E-state index >= 15 is 0 Å². The fraction of sp³-hybridized carbons (Fsp3) is 0.833. The van der Waals surface area contributed by atoms with Gasteiger partial charge >= 0.3 is 151 Å². The number of aliphatic carboxylic acids is 2. The average Bonchev–Trinajstić information content (AvgIpc) is 2.57. The van der Waals surface area contributed by atoms with Crippen molar-refractivity contribution >= 4 is 11.9 Å². The minimum atomic E-state index is -7.96. The molecule has 200 valence electrons. The summed E-state index contributed by atoms with van der Waals surface area (Å²) in [5.74, 6) is -61.0. The molecule has 0 spiro atoms. The normalized spacial score (nSPS) is 27.9. The second-order valence-corrected chi connectivity index (χ2v) is 6.32. The molecule has 0 aromatic carbocycles. The summed E-state index contributed by atoms with van der Waals surface area (Å²) in [4.78, 5) is 20.9. The van der Waals surface area contributed by atoms with E-state index in [1.807, 2.05) is 0 Å². The van der Waals surface area contributed by atoms with Gasteiger partial charge in [-0.05, 0) is 0 Å². The van der Waals surface area contributed by atoms with Gasteiger partial charge in [-0.2, -0.15) is 70.2 Å². The molecule has 0 heterocycles. The zero-order chi connectivity index (χ0) is 27.8. The van der Waals surface area contributed by atoms with Crippen LogP contribution in [0.1, 0.15) is 6.42 Å². The second kappa shape index (κ2) is 10.8. The summed E-state index contributed by atoms with van der Waals surface area (Å²) in [6.45, 7) is 0. The first-order valence-electron chi connectivity index (χ1n) is 7.36. The maximum atomic E-state index is 14.2. The molecule has 1 rings (SSSR count). The van der Waals surface area contributed by atoms with Crippen LogP contribution in [0.15, 0.2) is 0 Å². The number of carbonyl (C=O) groups is 2. The Balaban J connectivity index is 0. The van der Waals surface area contributed by atoms with Crippen LogP contribution in [0.25, 0.3) is 0 Å². The molecular weight excluding hydrogens is 622 g/mol. The molecule has 0 bridgehead atoms. The van der Waals surface area contributed by atoms with Gasteiger partial charge in [-0.3, -0.25) is 9.47 Å². The van der Waals surface area contributed by atoms with Gasteiger partial charge in [0.2, 0.25) is 0 Å². The topological polar surface area (TPSA) is 98.7 Å². The van der Waals surface area contributed by atoms with Crippen LogP contribution >= 0.6 is 0 Å². The number of alkyl halides is 16. The average molecular weight is 624 g/mol. The van der Waals surface area contributed by atoms with Crippen LogP contribution in [0.3, 0.4) is 0 Å². The van der Waals surface area contributed by atoms with Crippen molar-refractivity contribution in [3.05, 3.63) is 0 Å². The number of hydrogen-bond donors (Lipinski definition) is 0. The summed E-state index contributed by atoms with van der Waals surface area (Å²) >= 11 is 0. The van der Waals surface area contributed by atoms with Crippen molar-refractivity contribution in [2.45, 2.75) is 60.0 Å². The summed E-state index contributed by atoms with van der Waals surface area (Å²) in [5, 5.41) is 20.9. The predicted octanol–water partition coefficient (Wildman–Crippen LogP) is -4.38. The molecule has 1 aliphatic rings. The van der Waals surface area contributed by atoms with Crippen LogP contribution in [0.4, 0.5) is 70.2 Å². The third-order valence-corrected chi connectivity index (χ3v) is 4.05. The molecule has 0 aliphatic heterocycles. The van der Waals surface area contributed by atoms with Crippen molar-refractivity contribution in [1.29, 1.82) is 0 Å². The molecule has 1 aliphatic carbocycles. The van der Waals surface area contributed by atoms with Crippen molar-refractivity contribution in [2.75, 3.05) is 0 Å². The van der Waals surface area contributed by atoms with Gasteiger partial charge in [0.05, 0.1) is 6.42 Å². The van der Waals surface area contributed by atoms with Crippen molar-refractivity contribution in [1.82, 2.24) is 0 Å². The molecule has 0 amide bonds. The molecule has 6 nitrogen and oxygen atoms in total. The van der Waals surface area contributed by atoms with Gasteiger partial charge in [0, 0.05) is 0 Å². The maximum absolute atomic E-state index is 14.2. The van der Waals surface area contributed by atoms with Gasteiger partial charge < -0.3 is 19.8 Å². The number of rotatable bonds is 6. The minimum Gasteiger partial charge on any atom is -0.544 e. The first kappa shape index (κ1) is 39.2. The van der Waals surface area contributed by atoms with Gasteiger partial charge in [-0.1, -0.05) is 0 Å². The number of carboxylic acid groups (broad SMARTS) is 2. The van der Waals surface area contributed by atoms with Crippen LogP contribution in [0.2, 0.25) is 0 Å². The Morgan fingerprint density at radius 3 is 1.08 bits per heavy atom. The zero-order valence-electron chi connectivity index (χ0n) is 16.7. The number of hydrogen-bond acceptors (Lipinski definition) is 6. The molecule has 0 N–H and O–H groups in total. The molecule has 36 heavy (non-hydrogen) atoms. The van der Waals surface area contributed by atoms with E-state index < -0.39 is 71.9 Å². The quantitative estimate of drug-likeness (QED) is 0.169. The Labute approximate surface area is 270 Å². The Hall–Kier alpha value is 1.01. The van der Waals surface area contributed by atoms with Crippen molar-refractivity contribution in [3.8, 4) is 0 Å². The first-order chi connectivity index (χ1) is 14.5. The molecule has 1 saturated carbocycles. The Morgan fingerprint density at radius 2 is 0.861 bits per heavy atom. The molecule has 0 aromatic rings. The smallest absolute Gasteiger partial charge is 0.544 e. The van der Waals surface area contributed by atoms with Crippen molar-refractivity contribution < 1.29 is 202 Å². The van der Waals surface area contributed by atoms with Crippen LogP contribution in [-0.4, -0.2) is 65.5 Å². The molecule has 1 fully saturated rings. The van der Waals surface area contributed by atoms with E-state index in [0.717, 1.165) is 0 Å². The standard InChI is InChI=1S/C12H4F16O6.2K/c13-4(14)1-5(9(19,20)10(21,22)8(4,17)18,33-6(15,2(29)30)11(23,24)25)34-7(16,3(31)32)12(26,27)28;;/h1H2,(H,29,30)(H,31,32);;/q;2*+1/p-2. The second-order valence-electron chi connectivity index (χ2n) is 6.32. The molecular formula is C12H2F16K2O6. The maximum Gasteiger partial charge on any atom is 1.00 e. The number of ether oxygens (including phenoxy) is 2. The fourth-order valence-corrected chi connectivity index (χ4v) is 2.29. The third-order valence-electron chi connectivity index (χ3n) is 4.05. The number of carboxylic acids is 2. The van der Waals surface area contributed by atoms with Gasteiger partial charge in [0.15, 0.2) is 0 Å². The van der Waals surface area contributed by atoms with E-state index in [1.54, 1.807) is 0 Å². The van der Waals surface area contributed by atoms with Gasteiger partial charge in [-0.25, -0.2) is 0 Å². The fourth-order valence-electron chi connectivity index (χ4n) is 2.29. The van der Waals surface area contributed by atoms with Crippen LogP contribution in [0.5, 0.6) is 0 Å². The van der Waals surface area contributed by atoms with Crippen molar-refractivity contribution in [3.63, 3.8) is 0 Å². The molecule has 2 atom stereocenters. The van der Waals surface area contributed by atoms with E-state index in [9.17, 15) is 90.0 Å². The van der Waals surface area contributed by atoms with Crippen molar-refractivity contribution in [2.24, 2.45) is 0 Å².